The van der Waals surface area contributed by atoms with Crippen LogP contribution in [-0.2, 0) is 4.74 Å². The van der Waals surface area contributed by atoms with E-state index >= 15 is 0 Å². The predicted molar refractivity (Wildman–Crippen MR) is 92.7 cm³/mol. The molecular weight excluding hydrogens is 322 g/mol. The lowest BCUT2D eigenvalue weighted by Gasteiger charge is -2.38. The van der Waals surface area contributed by atoms with E-state index in [1.54, 1.807) is 18.3 Å². The van der Waals surface area contributed by atoms with Crippen molar-refractivity contribution in [2.75, 3.05) is 33.4 Å². The maximum absolute atomic E-state index is 12.7. The summed E-state index contributed by atoms with van der Waals surface area (Å²) in [7, 11) is 1.49. The Morgan fingerprint density at radius 3 is 2.88 bits per heavy atom. The standard InChI is InChI=1S/C18H27N3O4/c1-24-18-13(5-4-8-19-18)17(23)20-14-6-2-3-7-15(16(14)22)21-9-11-25-12-10-21/h4-5,8,14-16,22H,2-3,6-7,9-12H2,1H3,(H,20,23)/t14-,15-,16-/m1/s1. The number of amides is 1. The first-order valence-corrected chi connectivity index (χ1v) is 9.00. The maximum atomic E-state index is 12.7. The molecule has 1 amide bonds. The number of hydrogen-bond donors (Lipinski definition) is 2. The molecule has 2 heterocycles. The highest BCUT2D eigenvalue weighted by Gasteiger charge is 2.35. The smallest absolute Gasteiger partial charge is 0.257 e. The van der Waals surface area contributed by atoms with Crippen LogP contribution in [-0.4, -0.2) is 72.5 Å². The zero-order chi connectivity index (χ0) is 17.6. The van der Waals surface area contributed by atoms with E-state index in [9.17, 15) is 9.90 Å². The maximum Gasteiger partial charge on any atom is 0.257 e. The van der Waals surface area contributed by atoms with Crippen LogP contribution in [0.3, 0.4) is 0 Å². The third-order valence-corrected chi connectivity index (χ3v) is 5.11. The molecule has 0 aromatic carbocycles. The Morgan fingerprint density at radius 2 is 2.12 bits per heavy atom. The number of methoxy groups -OCH3 is 1. The number of carbonyl (C=O) groups is 1. The van der Waals surface area contributed by atoms with Crippen LogP contribution in [0, 0.1) is 0 Å². The number of ether oxygens (including phenoxy) is 2. The molecule has 3 rings (SSSR count). The van der Waals surface area contributed by atoms with Gasteiger partial charge in [-0.15, -0.1) is 0 Å². The van der Waals surface area contributed by atoms with Crippen molar-refractivity contribution in [3.63, 3.8) is 0 Å². The van der Waals surface area contributed by atoms with Crippen LogP contribution < -0.4 is 10.1 Å². The molecule has 2 fully saturated rings. The number of rotatable bonds is 4. The third-order valence-electron chi connectivity index (χ3n) is 5.11. The van der Waals surface area contributed by atoms with Crippen molar-refractivity contribution in [3.8, 4) is 5.88 Å². The van der Waals surface area contributed by atoms with E-state index in [1.165, 1.54) is 7.11 Å². The van der Waals surface area contributed by atoms with Gasteiger partial charge in [0.05, 0.1) is 32.5 Å². The molecule has 0 bridgehead atoms. The van der Waals surface area contributed by atoms with Gasteiger partial charge in [0, 0.05) is 25.3 Å². The predicted octanol–water partition coefficient (Wildman–Crippen LogP) is 0.824. The minimum absolute atomic E-state index is 0.0625. The molecule has 0 unspecified atom stereocenters. The lowest BCUT2D eigenvalue weighted by Crippen LogP contribution is -2.55. The van der Waals surface area contributed by atoms with Gasteiger partial charge in [-0.25, -0.2) is 4.98 Å². The molecule has 1 saturated carbocycles. The molecule has 0 radical (unpaired) electrons. The highest BCUT2D eigenvalue weighted by atomic mass is 16.5. The third kappa shape index (κ3) is 4.29. The summed E-state index contributed by atoms with van der Waals surface area (Å²) in [5.41, 5.74) is 0.393. The molecule has 1 aromatic heterocycles. The molecule has 3 atom stereocenters. The van der Waals surface area contributed by atoms with Crippen LogP contribution in [0.15, 0.2) is 18.3 Å². The lowest BCUT2D eigenvalue weighted by molar-refractivity contribution is -0.0308. The molecule has 1 saturated heterocycles. The second-order valence-corrected chi connectivity index (χ2v) is 6.63. The Kier molecular flexibility index (Phi) is 6.23. The second-order valence-electron chi connectivity index (χ2n) is 6.63. The Hall–Kier alpha value is -1.70. The summed E-state index contributed by atoms with van der Waals surface area (Å²) >= 11 is 0. The molecule has 138 valence electrons. The van der Waals surface area contributed by atoms with Crippen molar-refractivity contribution in [2.24, 2.45) is 0 Å². The summed E-state index contributed by atoms with van der Waals surface area (Å²) in [6.45, 7) is 3.07. The molecule has 0 spiro atoms. The fourth-order valence-corrected chi connectivity index (χ4v) is 3.77. The summed E-state index contributed by atoms with van der Waals surface area (Å²) in [6, 6.07) is 3.18. The Bertz CT molecular complexity index is 577. The summed E-state index contributed by atoms with van der Waals surface area (Å²) in [5, 5.41) is 13.9. The highest BCUT2D eigenvalue weighted by Crippen LogP contribution is 2.24. The zero-order valence-electron chi connectivity index (χ0n) is 14.7. The number of morpholine rings is 1. The van der Waals surface area contributed by atoms with Gasteiger partial charge >= 0.3 is 0 Å². The van der Waals surface area contributed by atoms with Crippen LogP contribution in [0.4, 0.5) is 0 Å². The minimum atomic E-state index is -0.591. The minimum Gasteiger partial charge on any atom is -0.480 e. The number of nitrogens with zero attached hydrogens (tertiary/aromatic N) is 2. The lowest BCUT2D eigenvalue weighted by atomic mass is 9.99. The van der Waals surface area contributed by atoms with E-state index in [0.29, 0.717) is 24.7 Å². The van der Waals surface area contributed by atoms with Crippen molar-refractivity contribution in [1.29, 1.82) is 0 Å². The Morgan fingerprint density at radius 1 is 1.36 bits per heavy atom. The van der Waals surface area contributed by atoms with E-state index in [-0.39, 0.29) is 18.0 Å². The summed E-state index contributed by atoms with van der Waals surface area (Å²) in [4.78, 5) is 19.0. The molecule has 2 N–H and O–H groups in total. The summed E-state index contributed by atoms with van der Waals surface area (Å²) < 4.78 is 10.6. The number of hydrogen-bond acceptors (Lipinski definition) is 6. The van der Waals surface area contributed by atoms with Gasteiger partial charge < -0.3 is 19.9 Å². The van der Waals surface area contributed by atoms with Crippen LogP contribution in [0.2, 0.25) is 0 Å². The number of nitrogens with one attached hydrogen (secondary N) is 1. The first kappa shape index (κ1) is 18.1. The van der Waals surface area contributed by atoms with Gasteiger partial charge in [-0.3, -0.25) is 9.69 Å². The highest BCUT2D eigenvalue weighted by molar-refractivity contribution is 5.96. The number of aliphatic hydroxyl groups is 1. The van der Waals surface area contributed by atoms with Crippen LogP contribution in [0.5, 0.6) is 5.88 Å². The molecule has 2 aliphatic rings. The molecule has 1 aliphatic heterocycles. The summed E-state index contributed by atoms with van der Waals surface area (Å²) in [5.74, 6) is 0.0458. The monoisotopic (exact) mass is 349 g/mol. The first-order valence-electron chi connectivity index (χ1n) is 9.00. The van der Waals surface area contributed by atoms with Crippen LogP contribution >= 0.6 is 0 Å². The number of carbonyl (C=O) groups excluding carboxylic acids is 1. The summed E-state index contributed by atoms with van der Waals surface area (Å²) in [6.07, 6.45) is 4.77. The zero-order valence-corrected chi connectivity index (χ0v) is 14.7. The number of aromatic nitrogens is 1. The van der Waals surface area contributed by atoms with Crippen molar-refractivity contribution in [3.05, 3.63) is 23.9 Å². The molecule has 25 heavy (non-hydrogen) atoms. The van der Waals surface area contributed by atoms with Gasteiger partial charge in [0.1, 0.15) is 5.56 Å². The largest absolute Gasteiger partial charge is 0.480 e. The van der Waals surface area contributed by atoms with E-state index in [4.69, 9.17) is 9.47 Å². The van der Waals surface area contributed by atoms with Gasteiger partial charge in [-0.2, -0.15) is 0 Å². The van der Waals surface area contributed by atoms with E-state index in [2.05, 4.69) is 15.2 Å². The molecule has 7 nitrogen and oxygen atoms in total. The van der Waals surface area contributed by atoms with Crippen LogP contribution in [0.25, 0.3) is 0 Å². The first-order chi connectivity index (χ1) is 12.2. The molecule has 1 aromatic rings. The fourth-order valence-electron chi connectivity index (χ4n) is 3.77. The molecule has 1 aliphatic carbocycles. The normalized spacial score (nSPS) is 28.2. The van der Waals surface area contributed by atoms with Crippen LogP contribution in [0.1, 0.15) is 36.0 Å². The van der Waals surface area contributed by atoms with Gasteiger partial charge in [-0.05, 0) is 25.0 Å². The van der Waals surface area contributed by atoms with Crippen molar-refractivity contribution in [1.82, 2.24) is 15.2 Å². The second kappa shape index (κ2) is 8.60. The van der Waals surface area contributed by atoms with Gasteiger partial charge in [0.15, 0.2) is 0 Å². The number of aliphatic hydroxyl groups excluding tert-OH is 1. The van der Waals surface area contributed by atoms with Gasteiger partial charge in [0.25, 0.3) is 5.91 Å². The van der Waals surface area contributed by atoms with Crippen molar-refractivity contribution >= 4 is 5.91 Å². The SMILES string of the molecule is COc1ncccc1C(=O)N[C@@H]1CCCC[C@@H](N2CCOCC2)[C@@H]1O. The average Bonchev–Trinajstić information content (AvgIpc) is 2.84. The molecular formula is C18H27N3O4. The van der Waals surface area contributed by atoms with E-state index in [0.717, 1.165) is 38.8 Å². The van der Waals surface area contributed by atoms with Crippen molar-refractivity contribution < 1.29 is 19.4 Å². The van der Waals surface area contributed by atoms with E-state index < -0.39 is 6.10 Å². The molecule has 7 heteroatoms. The Labute approximate surface area is 148 Å². The number of pyridine rings is 1. The van der Waals surface area contributed by atoms with E-state index in [1.807, 2.05) is 0 Å². The Balaban J connectivity index is 1.70. The fraction of sp³-hybridized carbons (Fsp3) is 0.667. The average molecular weight is 349 g/mol. The van der Waals surface area contributed by atoms with Gasteiger partial charge in [0.2, 0.25) is 5.88 Å². The van der Waals surface area contributed by atoms with Crippen molar-refractivity contribution in [2.45, 2.75) is 43.9 Å². The van der Waals surface area contributed by atoms with Gasteiger partial charge in [-0.1, -0.05) is 12.8 Å². The quantitative estimate of drug-likeness (QED) is 0.783. The topological polar surface area (TPSA) is 83.9 Å².